The van der Waals surface area contributed by atoms with Crippen LogP contribution in [0.1, 0.15) is 10.4 Å². The summed E-state index contributed by atoms with van der Waals surface area (Å²) in [5.74, 6) is -1.04. The van der Waals surface area contributed by atoms with Gasteiger partial charge in [0.15, 0.2) is 0 Å². The number of benzene rings is 1. The van der Waals surface area contributed by atoms with Crippen LogP contribution < -0.4 is 4.90 Å². The number of carboxylic acid groups (broad SMARTS) is 1. The molecule has 0 aromatic heterocycles. The minimum absolute atomic E-state index is 0.113. The van der Waals surface area contributed by atoms with E-state index in [0.717, 1.165) is 0 Å². The number of rotatable bonds is 4. The number of carbonyl (C=O) groups is 2. The Labute approximate surface area is 98.9 Å². The minimum Gasteiger partial charge on any atom is -0.478 e. The predicted molar refractivity (Wildman–Crippen MR) is 63.3 cm³/mol. The Kier molecular flexibility index (Phi) is 4.28. The van der Waals surface area contributed by atoms with E-state index < -0.39 is 12.1 Å². The molecule has 1 aromatic rings. The van der Waals surface area contributed by atoms with Crippen molar-refractivity contribution in [1.29, 1.82) is 0 Å². The van der Waals surface area contributed by atoms with E-state index >= 15 is 0 Å². The summed E-state index contributed by atoms with van der Waals surface area (Å²) in [6.45, 7) is 3.54. The fourth-order valence-electron chi connectivity index (χ4n) is 1.18. The molecule has 0 atom stereocenters. The van der Waals surface area contributed by atoms with Crippen molar-refractivity contribution < 1.29 is 19.4 Å². The van der Waals surface area contributed by atoms with Gasteiger partial charge in [-0.05, 0) is 18.2 Å². The van der Waals surface area contributed by atoms with Crippen molar-refractivity contribution in [1.82, 2.24) is 0 Å². The first-order valence-corrected chi connectivity index (χ1v) is 4.91. The normalized spacial score (nSPS) is 9.47. The summed E-state index contributed by atoms with van der Waals surface area (Å²) >= 11 is 0. The van der Waals surface area contributed by atoms with Crippen LogP contribution in [0.4, 0.5) is 10.5 Å². The first kappa shape index (κ1) is 12.8. The van der Waals surface area contributed by atoms with Crippen molar-refractivity contribution in [3.63, 3.8) is 0 Å². The molecule has 1 rings (SSSR count). The minimum atomic E-state index is -1.04. The van der Waals surface area contributed by atoms with E-state index in [9.17, 15) is 9.59 Å². The molecule has 0 unspecified atom stereocenters. The smallest absolute Gasteiger partial charge is 0.414 e. The Morgan fingerprint density at radius 2 is 2.24 bits per heavy atom. The van der Waals surface area contributed by atoms with Crippen LogP contribution in [-0.2, 0) is 4.74 Å². The van der Waals surface area contributed by atoms with Crippen molar-refractivity contribution in [2.45, 2.75) is 0 Å². The highest BCUT2D eigenvalue weighted by molar-refractivity contribution is 5.92. The lowest BCUT2D eigenvalue weighted by molar-refractivity contribution is 0.0696. The SMILES string of the molecule is C=CCOC(=O)N(C)c1cccc(C(=O)O)c1. The molecule has 1 N–H and O–H groups in total. The molecule has 1 amide bonds. The summed E-state index contributed by atoms with van der Waals surface area (Å²) in [6, 6.07) is 6.05. The zero-order valence-corrected chi connectivity index (χ0v) is 9.42. The molecule has 0 aliphatic carbocycles. The summed E-state index contributed by atoms with van der Waals surface area (Å²) in [5, 5.41) is 8.82. The molecular formula is C12H13NO4. The summed E-state index contributed by atoms with van der Waals surface area (Å²) in [4.78, 5) is 23.5. The lowest BCUT2D eigenvalue weighted by Crippen LogP contribution is -2.27. The van der Waals surface area contributed by atoms with E-state index in [4.69, 9.17) is 9.84 Å². The van der Waals surface area contributed by atoms with Gasteiger partial charge >= 0.3 is 12.1 Å². The Morgan fingerprint density at radius 3 is 2.82 bits per heavy atom. The van der Waals surface area contributed by atoms with Crippen LogP contribution in [0, 0.1) is 0 Å². The summed E-state index contributed by atoms with van der Waals surface area (Å²) in [5.41, 5.74) is 0.574. The Hall–Kier alpha value is -2.30. The van der Waals surface area contributed by atoms with Gasteiger partial charge in [-0.2, -0.15) is 0 Å². The van der Waals surface area contributed by atoms with Gasteiger partial charge in [-0.15, -0.1) is 0 Å². The highest BCUT2D eigenvalue weighted by atomic mass is 16.6. The average Bonchev–Trinajstić information content (AvgIpc) is 2.35. The summed E-state index contributed by atoms with van der Waals surface area (Å²) in [7, 11) is 1.51. The van der Waals surface area contributed by atoms with Crippen LogP contribution >= 0.6 is 0 Å². The summed E-state index contributed by atoms with van der Waals surface area (Å²) in [6.07, 6.45) is 0.895. The van der Waals surface area contributed by atoms with E-state index in [1.807, 2.05) is 0 Å². The Bertz CT molecular complexity index is 442. The first-order chi connectivity index (χ1) is 8.06. The fraction of sp³-hybridized carbons (Fsp3) is 0.167. The lowest BCUT2D eigenvalue weighted by Gasteiger charge is -2.16. The zero-order valence-electron chi connectivity index (χ0n) is 9.42. The molecule has 0 heterocycles. The van der Waals surface area contributed by atoms with Gasteiger partial charge in [-0.3, -0.25) is 4.90 Å². The van der Waals surface area contributed by atoms with Crippen molar-refractivity contribution >= 4 is 17.7 Å². The number of ether oxygens (including phenoxy) is 1. The maximum Gasteiger partial charge on any atom is 0.414 e. The van der Waals surface area contributed by atoms with E-state index in [2.05, 4.69) is 6.58 Å². The number of nitrogens with zero attached hydrogens (tertiary/aromatic N) is 1. The standard InChI is InChI=1S/C12H13NO4/c1-3-7-17-12(16)13(2)10-6-4-5-9(8-10)11(14)15/h3-6,8H,1,7H2,2H3,(H,14,15). The third-order valence-corrected chi connectivity index (χ3v) is 2.08. The number of hydrogen-bond donors (Lipinski definition) is 1. The number of aromatic carboxylic acids is 1. The predicted octanol–water partition coefficient (Wildman–Crippen LogP) is 2.14. The van der Waals surface area contributed by atoms with Crippen molar-refractivity contribution in [2.24, 2.45) is 0 Å². The second-order valence-electron chi connectivity index (χ2n) is 3.28. The molecule has 0 saturated carbocycles. The van der Waals surface area contributed by atoms with E-state index in [1.54, 1.807) is 12.1 Å². The zero-order chi connectivity index (χ0) is 12.8. The molecule has 5 heteroatoms. The first-order valence-electron chi connectivity index (χ1n) is 4.91. The van der Waals surface area contributed by atoms with Gasteiger partial charge in [0.2, 0.25) is 0 Å². The Balaban J connectivity index is 2.84. The van der Waals surface area contributed by atoms with Crippen LogP contribution in [0.15, 0.2) is 36.9 Å². The lowest BCUT2D eigenvalue weighted by atomic mass is 10.2. The highest BCUT2D eigenvalue weighted by Gasteiger charge is 2.13. The maximum absolute atomic E-state index is 11.5. The van der Waals surface area contributed by atoms with Crippen LogP contribution in [0.25, 0.3) is 0 Å². The third-order valence-electron chi connectivity index (χ3n) is 2.08. The molecule has 0 spiro atoms. The number of amides is 1. The van der Waals surface area contributed by atoms with Crippen LogP contribution in [0.5, 0.6) is 0 Å². The molecule has 0 aliphatic heterocycles. The van der Waals surface area contributed by atoms with Gasteiger partial charge < -0.3 is 9.84 Å². The number of anilines is 1. The molecule has 0 saturated heterocycles. The van der Waals surface area contributed by atoms with Gasteiger partial charge in [0.25, 0.3) is 0 Å². The van der Waals surface area contributed by atoms with Gasteiger partial charge in [-0.25, -0.2) is 9.59 Å². The van der Waals surface area contributed by atoms with Crippen molar-refractivity contribution in [3.8, 4) is 0 Å². The average molecular weight is 235 g/mol. The maximum atomic E-state index is 11.5. The second kappa shape index (κ2) is 5.69. The van der Waals surface area contributed by atoms with Gasteiger partial charge in [0, 0.05) is 12.7 Å². The topological polar surface area (TPSA) is 66.8 Å². The highest BCUT2D eigenvalue weighted by Crippen LogP contribution is 2.15. The molecule has 0 fully saturated rings. The molecular weight excluding hydrogens is 222 g/mol. The van der Waals surface area contributed by atoms with Crippen LogP contribution in [0.2, 0.25) is 0 Å². The molecule has 90 valence electrons. The van der Waals surface area contributed by atoms with Gasteiger partial charge in [0.05, 0.1) is 5.56 Å². The van der Waals surface area contributed by atoms with E-state index in [-0.39, 0.29) is 12.2 Å². The third kappa shape index (κ3) is 3.34. The van der Waals surface area contributed by atoms with Crippen LogP contribution in [-0.4, -0.2) is 30.8 Å². The number of carbonyl (C=O) groups excluding carboxylic acids is 1. The van der Waals surface area contributed by atoms with Crippen molar-refractivity contribution in [2.75, 3.05) is 18.6 Å². The number of carboxylic acids is 1. The molecule has 0 aliphatic rings. The molecule has 0 bridgehead atoms. The fourth-order valence-corrected chi connectivity index (χ4v) is 1.18. The monoisotopic (exact) mass is 235 g/mol. The van der Waals surface area contributed by atoms with Crippen LogP contribution in [0.3, 0.4) is 0 Å². The quantitative estimate of drug-likeness (QED) is 0.812. The largest absolute Gasteiger partial charge is 0.478 e. The van der Waals surface area contributed by atoms with Crippen molar-refractivity contribution in [3.05, 3.63) is 42.5 Å². The molecule has 1 aromatic carbocycles. The molecule has 5 nitrogen and oxygen atoms in total. The van der Waals surface area contributed by atoms with E-state index in [1.165, 1.54) is 30.2 Å². The van der Waals surface area contributed by atoms with Gasteiger partial charge in [-0.1, -0.05) is 18.7 Å². The van der Waals surface area contributed by atoms with Gasteiger partial charge in [0.1, 0.15) is 6.61 Å². The van der Waals surface area contributed by atoms with E-state index in [0.29, 0.717) is 5.69 Å². The number of hydrogen-bond acceptors (Lipinski definition) is 3. The second-order valence-corrected chi connectivity index (χ2v) is 3.28. The molecule has 0 radical (unpaired) electrons. The summed E-state index contributed by atoms with van der Waals surface area (Å²) < 4.78 is 4.83. The molecule has 17 heavy (non-hydrogen) atoms. The Morgan fingerprint density at radius 1 is 1.53 bits per heavy atom.